The molecule has 0 saturated carbocycles. The Morgan fingerprint density at radius 2 is 1.57 bits per heavy atom. The summed E-state index contributed by atoms with van der Waals surface area (Å²) in [6.07, 6.45) is 0.606. The van der Waals surface area contributed by atoms with Gasteiger partial charge in [0, 0.05) is 16.8 Å². The van der Waals surface area contributed by atoms with Crippen molar-refractivity contribution in [2.24, 2.45) is 5.92 Å². The third-order valence-corrected chi connectivity index (χ3v) is 6.95. The Balaban J connectivity index is 1.90. The van der Waals surface area contributed by atoms with E-state index in [2.05, 4.69) is 33.0 Å². The molecule has 3 aromatic carbocycles. The maximum atomic E-state index is 14.2. The van der Waals surface area contributed by atoms with Crippen LogP contribution in [0.25, 0.3) is 22.1 Å². The van der Waals surface area contributed by atoms with Crippen molar-refractivity contribution in [1.29, 1.82) is 0 Å². The maximum Gasteiger partial charge on any atom is 0.255 e. The van der Waals surface area contributed by atoms with Crippen molar-refractivity contribution in [3.8, 4) is 28.4 Å². The van der Waals surface area contributed by atoms with E-state index in [1.54, 1.807) is 38.3 Å². The van der Waals surface area contributed by atoms with Crippen molar-refractivity contribution in [3.63, 3.8) is 0 Å². The van der Waals surface area contributed by atoms with Crippen LogP contribution in [-0.2, 0) is 6.42 Å². The van der Waals surface area contributed by atoms with Crippen LogP contribution in [0.4, 0.5) is 5.69 Å². The summed E-state index contributed by atoms with van der Waals surface area (Å²) < 4.78 is 23.4. The van der Waals surface area contributed by atoms with E-state index >= 15 is 0 Å². The quantitative estimate of drug-likeness (QED) is 0.237. The standard InChI is InChI=1S/C33H37NO6/c1-18(2)16-24-29-27(31(38-7)32(39-8)30(24)37-6)28(35)26(20(5)40-29)21-12-11-13-22(17-21)33(36)34-25-15-10-9-14-23(25)19(3)4/h9-15,17-19H,16H2,1-8H3,(H,34,36). The minimum absolute atomic E-state index is 0.246. The van der Waals surface area contributed by atoms with Crippen molar-refractivity contribution in [2.75, 3.05) is 26.6 Å². The van der Waals surface area contributed by atoms with Crippen LogP contribution in [-0.4, -0.2) is 27.2 Å². The number of benzene rings is 3. The number of carbonyl (C=O) groups is 1. The van der Waals surface area contributed by atoms with Crippen LogP contribution < -0.4 is 25.0 Å². The highest BCUT2D eigenvalue weighted by molar-refractivity contribution is 6.05. The number of hydrogen-bond acceptors (Lipinski definition) is 6. The summed E-state index contributed by atoms with van der Waals surface area (Å²) in [5, 5.41) is 3.30. The van der Waals surface area contributed by atoms with Gasteiger partial charge < -0.3 is 23.9 Å². The summed E-state index contributed by atoms with van der Waals surface area (Å²) >= 11 is 0. The van der Waals surface area contributed by atoms with Gasteiger partial charge in [0.1, 0.15) is 16.7 Å². The molecule has 0 bridgehead atoms. The molecular weight excluding hydrogens is 506 g/mol. The Hall–Kier alpha value is -4.26. The molecule has 4 rings (SSSR count). The van der Waals surface area contributed by atoms with Crippen LogP contribution in [0.1, 0.15) is 60.9 Å². The van der Waals surface area contributed by atoms with Crippen molar-refractivity contribution in [1.82, 2.24) is 0 Å². The first-order valence-corrected chi connectivity index (χ1v) is 13.4. The molecule has 4 aromatic rings. The number of aryl methyl sites for hydroxylation is 1. The minimum Gasteiger partial charge on any atom is -0.492 e. The number of ether oxygens (including phenoxy) is 3. The first kappa shape index (κ1) is 28.7. The molecule has 0 aliphatic carbocycles. The lowest BCUT2D eigenvalue weighted by molar-refractivity contribution is 0.102. The van der Waals surface area contributed by atoms with E-state index in [4.69, 9.17) is 18.6 Å². The smallest absolute Gasteiger partial charge is 0.255 e. The van der Waals surface area contributed by atoms with Crippen LogP contribution in [0.3, 0.4) is 0 Å². The molecule has 210 valence electrons. The van der Waals surface area contributed by atoms with Gasteiger partial charge in [0.15, 0.2) is 11.5 Å². The molecule has 0 spiro atoms. The largest absolute Gasteiger partial charge is 0.492 e. The summed E-state index contributed by atoms with van der Waals surface area (Å²) in [5.41, 5.74) is 4.04. The van der Waals surface area contributed by atoms with Crippen LogP contribution in [0.2, 0.25) is 0 Å². The van der Waals surface area contributed by atoms with Gasteiger partial charge in [0.25, 0.3) is 5.91 Å². The van der Waals surface area contributed by atoms with Gasteiger partial charge in [-0.1, -0.05) is 58.0 Å². The first-order chi connectivity index (χ1) is 19.1. The lowest BCUT2D eigenvalue weighted by Crippen LogP contribution is -2.15. The van der Waals surface area contributed by atoms with E-state index in [0.717, 1.165) is 16.8 Å². The van der Waals surface area contributed by atoms with Crippen LogP contribution in [0, 0.1) is 12.8 Å². The number of anilines is 1. The number of nitrogens with one attached hydrogen (secondary N) is 1. The minimum atomic E-state index is -0.274. The third-order valence-electron chi connectivity index (χ3n) is 6.95. The van der Waals surface area contributed by atoms with Crippen LogP contribution in [0.15, 0.2) is 57.7 Å². The highest BCUT2D eigenvalue weighted by atomic mass is 16.5. The van der Waals surface area contributed by atoms with E-state index in [1.165, 1.54) is 14.2 Å². The summed E-state index contributed by atoms with van der Waals surface area (Å²) in [7, 11) is 4.56. The molecule has 7 heteroatoms. The van der Waals surface area contributed by atoms with E-state index in [1.807, 2.05) is 24.3 Å². The number of amides is 1. The lowest BCUT2D eigenvalue weighted by atomic mass is 9.95. The van der Waals surface area contributed by atoms with Crippen molar-refractivity contribution in [2.45, 2.75) is 47.0 Å². The maximum absolute atomic E-state index is 14.2. The number of methoxy groups -OCH3 is 3. The molecule has 0 radical (unpaired) electrons. The number of carbonyl (C=O) groups excluding carboxylic acids is 1. The van der Waals surface area contributed by atoms with Gasteiger partial charge in [-0.2, -0.15) is 0 Å². The van der Waals surface area contributed by atoms with Crippen LogP contribution >= 0.6 is 0 Å². The van der Waals surface area contributed by atoms with Crippen LogP contribution in [0.5, 0.6) is 17.2 Å². The zero-order valence-corrected chi connectivity index (χ0v) is 24.4. The molecule has 1 amide bonds. The molecule has 0 aliphatic heterocycles. The second-order valence-electron chi connectivity index (χ2n) is 10.5. The molecule has 1 heterocycles. The predicted octanol–water partition coefficient (Wildman–Crippen LogP) is 7.37. The van der Waals surface area contributed by atoms with E-state index in [9.17, 15) is 9.59 Å². The summed E-state index contributed by atoms with van der Waals surface area (Å²) in [4.78, 5) is 27.5. The molecular formula is C33H37NO6. The fourth-order valence-electron chi connectivity index (χ4n) is 5.17. The van der Waals surface area contributed by atoms with Gasteiger partial charge in [-0.3, -0.25) is 9.59 Å². The SMILES string of the molecule is COc1c(OC)c(OC)c2c(=O)c(-c3cccc(C(=O)Nc4ccccc4C(C)C)c3)c(C)oc2c1CC(C)C. The summed E-state index contributed by atoms with van der Waals surface area (Å²) in [6, 6.07) is 14.7. The van der Waals surface area contributed by atoms with Crippen molar-refractivity contribution >= 4 is 22.6 Å². The number of rotatable bonds is 9. The lowest BCUT2D eigenvalue weighted by Gasteiger charge is -2.20. The Morgan fingerprint density at radius 3 is 2.20 bits per heavy atom. The van der Waals surface area contributed by atoms with Crippen molar-refractivity contribution in [3.05, 3.63) is 81.2 Å². The third kappa shape index (κ3) is 5.28. The predicted molar refractivity (Wildman–Crippen MR) is 159 cm³/mol. The number of para-hydroxylation sites is 1. The Bertz CT molecular complexity index is 1620. The molecule has 1 aromatic heterocycles. The van der Waals surface area contributed by atoms with E-state index in [-0.39, 0.29) is 34.3 Å². The Kier molecular flexibility index (Phi) is 8.52. The topological polar surface area (TPSA) is 87.0 Å². The first-order valence-electron chi connectivity index (χ1n) is 13.4. The molecule has 0 saturated heterocycles. The highest BCUT2D eigenvalue weighted by Gasteiger charge is 2.28. The Labute approximate surface area is 235 Å². The highest BCUT2D eigenvalue weighted by Crippen LogP contribution is 2.47. The molecule has 0 unspecified atom stereocenters. The van der Waals surface area contributed by atoms with E-state index < -0.39 is 0 Å². The zero-order valence-electron chi connectivity index (χ0n) is 24.4. The molecule has 1 N–H and O–H groups in total. The normalized spacial score (nSPS) is 11.2. The van der Waals surface area contributed by atoms with Crippen molar-refractivity contribution < 1.29 is 23.4 Å². The molecule has 40 heavy (non-hydrogen) atoms. The monoisotopic (exact) mass is 543 g/mol. The average molecular weight is 544 g/mol. The summed E-state index contributed by atoms with van der Waals surface area (Å²) in [5.74, 6) is 1.75. The van der Waals surface area contributed by atoms with E-state index in [0.29, 0.717) is 46.0 Å². The van der Waals surface area contributed by atoms with Gasteiger partial charge in [-0.25, -0.2) is 0 Å². The fourth-order valence-corrected chi connectivity index (χ4v) is 5.17. The number of hydrogen-bond donors (Lipinski definition) is 1. The van der Waals surface area contributed by atoms with Gasteiger partial charge in [-0.05, 0) is 54.5 Å². The molecule has 0 fully saturated rings. The summed E-state index contributed by atoms with van der Waals surface area (Å²) in [6.45, 7) is 10.1. The molecule has 0 atom stereocenters. The fraction of sp³-hybridized carbons (Fsp3) is 0.333. The second kappa shape index (κ2) is 11.9. The van der Waals surface area contributed by atoms with Gasteiger partial charge >= 0.3 is 0 Å². The molecule has 0 aliphatic rings. The Morgan fingerprint density at radius 1 is 0.900 bits per heavy atom. The van der Waals surface area contributed by atoms with Gasteiger partial charge in [0.05, 0.1) is 26.9 Å². The molecule has 7 nitrogen and oxygen atoms in total. The van der Waals surface area contributed by atoms with Gasteiger partial charge in [0.2, 0.25) is 11.2 Å². The second-order valence-corrected chi connectivity index (χ2v) is 10.5. The number of fused-ring (bicyclic) bond motifs is 1. The average Bonchev–Trinajstić information content (AvgIpc) is 2.92. The van der Waals surface area contributed by atoms with Gasteiger partial charge in [-0.15, -0.1) is 0 Å². The zero-order chi connectivity index (χ0) is 29.1.